The molecule has 0 fully saturated rings. The zero-order valence-electron chi connectivity index (χ0n) is 13.0. The van der Waals surface area contributed by atoms with E-state index < -0.39 is 0 Å². The Hall–Kier alpha value is -1.95. The van der Waals surface area contributed by atoms with Gasteiger partial charge in [-0.3, -0.25) is 4.79 Å². The first-order valence-electron chi connectivity index (χ1n) is 7.11. The first-order valence-corrected chi connectivity index (χ1v) is 7.11. The fraction of sp³-hybridized carbons (Fsp3) is 0.533. The second-order valence-electron chi connectivity index (χ2n) is 5.64. The average Bonchev–Trinajstić information content (AvgIpc) is 2.81. The molecule has 0 aliphatic rings. The molecule has 0 aliphatic carbocycles. The molecule has 0 aromatic carbocycles. The fourth-order valence-corrected chi connectivity index (χ4v) is 2.24. The van der Waals surface area contributed by atoms with E-state index in [1.54, 1.807) is 10.7 Å². The Balaban J connectivity index is 2.05. The van der Waals surface area contributed by atoms with Crippen LogP contribution in [0.2, 0.25) is 0 Å². The van der Waals surface area contributed by atoms with Crippen molar-refractivity contribution in [3.05, 3.63) is 29.7 Å². The highest BCUT2D eigenvalue weighted by Gasteiger charge is 2.19. The molecule has 2 aromatic rings. The van der Waals surface area contributed by atoms with Crippen LogP contribution in [0.1, 0.15) is 31.5 Å². The van der Waals surface area contributed by atoms with Crippen LogP contribution in [-0.2, 0) is 16.1 Å². The number of hydrogen-bond acceptors (Lipinski definition) is 5. The second-order valence-corrected chi connectivity index (χ2v) is 5.64. The lowest BCUT2D eigenvalue weighted by Crippen LogP contribution is -2.38. The van der Waals surface area contributed by atoms with Crippen molar-refractivity contribution < 1.29 is 9.53 Å². The SMILES string of the molecule is COC(=O)C(CC(C)C)NCc1cnc2cc(C)nn2c1. The van der Waals surface area contributed by atoms with Gasteiger partial charge in [0.1, 0.15) is 6.04 Å². The normalized spacial score (nSPS) is 12.8. The minimum atomic E-state index is -0.301. The third-order valence-corrected chi connectivity index (χ3v) is 3.23. The highest BCUT2D eigenvalue weighted by molar-refractivity contribution is 5.75. The Morgan fingerprint density at radius 1 is 1.48 bits per heavy atom. The summed E-state index contributed by atoms with van der Waals surface area (Å²) in [5.41, 5.74) is 2.73. The maximum absolute atomic E-state index is 11.8. The van der Waals surface area contributed by atoms with Gasteiger partial charge in [-0.15, -0.1) is 0 Å². The Labute approximate surface area is 124 Å². The number of aromatic nitrogens is 3. The van der Waals surface area contributed by atoms with E-state index in [2.05, 4.69) is 29.2 Å². The van der Waals surface area contributed by atoms with Crippen molar-refractivity contribution in [2.45, 2.75) is 39.8 Å². The predicted molar refractivity (Wildman–Crippen MR) is 79.8 cm³/mol. The average molecular weight is 290 g/mol. The molecule has 0 aliphatic heterocycles. The number of nitrogens with zero attached hydrogens (tertiary/aromatic N) is 3. The summed E-state index contributed by atoms with van der Waals surface area (Å²) in [5.74, 6) is 0.184. The van der Waals surface area contributed by atoms with E-state index in [0.717, 1.165) is 23.3 Å². The lowest BCUT2D eigenvalue weighted by Gasteiger charge is -2.18. The van der Waals surface area contributed by atoms with Gasteiger partial charge in [-0.05, 0) is 19.3 Å². The standard InChI is InChI=1S/C15H22N4O2/c1-10(2)5-13(15(20)21-4)16-7-12-8-17-14-6-11(3)18-19(14)9-12/h6,8-10,13,16H,5,7H2,1-4H3. The molecule has 2 aromatic heterocycles. The quantitative estimate of drug-likeness (QED) is 0.820. The van der Waals surface area contributed by atoms with E-state index >= 15 is 0 Å². The molecule has 1 N–H and O–H groups in total. The summed E-state index contributed by atoms with van der Waals surface area (Å²) >= 11 is 0. The van der Waals surface area contributed by atoms with E-state index in [1.165, 1.54) is 7.11 Å². The monoisotopic (exact) mass is 290 g/mol. The lowest BCUT2D eigenvalue weighted by atomic mass is 10.0. The van der Waals surface area contributed by atoms with Gasteiger partial charge in [0.15, 0.2) is 5.65 Å². The van der Waals surface area contributed by atoms with E-state index in [1.807, 2.05) is 19.2 Å². The molecule has 21 heavy (non-hydrogen) atoms. The number of aryl methyl sites for hydroxylation is 1. The largest absolute Gasteiger partial charge is 0.468 e. The molecule has 0 saturated carbocycles. The summed E-state index contributed by atoms with van der Waals surface area (Å²) in [6.07, 6.45) is 4.46. The van der Waals surface area contributed by atoms with Gasteiger partial charge in [-0.1, -0.05) is 13.8 Å². The molecule has 6 heteroatoms. The van der Waals surface area contributed by atoms with Crippen molar-refractivity contribution in [2.75, 3.05) is 7.11 Å². The van der Waals surface area contributed by atoms with E-state index in [-0.39, 0.29) is 12.0 Å². The minimum absolute atomic E-state index is 0.229. The van der Waals surface area contributed by atoms with Crippen LogP contribution in [-0.4, -0.2) is 33.7 Å². The van der Waals surface area contributed by atoms with Gasteiger partial charge in [0.25, 0.3) is 0 Å². The van der Waals surface area contributed by atoms with Gasteiger partial charge < -0.3 is 10.1 Å². The molecule has 2 heterocycles. The summed E-state index contributed by atoms with van der Waals surface area (Å²) < 4.78 is 6.59. The summed E-state index contributed by atoms with van der Waals surface area (Å²) in [4.78, 5) is 16.1. The van der Waals surface area contributed by atoms with Gasteiger partial charge >= 0.3 is 5.97 Å². The number of fused-ring (bicyclic) bond motifs is 1. The Morgan fingerprint density at radius 2 is 2.24 bits per heavy atom. The molecule has 114 valence electrons. The molecule has 6 nitrogen and oxygen atoms in total. The molecular formula is C15H22N4O2. The molecule has 0 spiro atoms. The maximum atomic E-state index is 11.8. The van der Waals surface area contributed by atoms with E-state index in [0.29, 0.717) is 12.5 Å². The molecule has 0 saturated heterocycles. The number of methoxy groups -OCH3 is 1. The molecule has 0 amide bonds. The first-order chi connectivity index (χ1) is 9.99. The summed E-state index contributed by atoms with van der Waals surface area (Å²) in [6, 6.07) is 1.62. The highest BCUT2D eigenvalue weighted by Crippen LogP contribution is 2.09. The zero-order valence-corrected chi connectivity index (χ0v) is 13.0. The van der Waals surface area contributed by atoms with Crippen molar-refractivity contribution in [3.63, 3.8) is 0 Å². The van der Waals surface area contributed by atoms with Crippen LogP contribution in [0, 0.1) is 12.8 Å². The molecule has 0 radical (unpaired) electrons. The fourth-order valence-electron chi connectivity index (χ4n) is 2.24. The van der Waals surface area contributed by atoms with Gasteiger partial charge in [0, 0.05) is 30.6 Å². The second kappa shape index (κ2) is 6.67. The Morgan fingerprint density at radius 3 is 2.90 bits per heavy atom. The van der Waals surface area contributed by atoms with Crippen molar-refractivity contribution in [2.24, 2.45) is 5.92 Å². The molecular weight excluding hydrogens is 268 g/mol. The summed E-state index contributed by atoms with van der Waals surface area (Å²) in [6.45, 7) is 6.65. The van der Waals surface area contributed by atoms with Crippen LogP contribution >= 0.6 is 0 Å². The number of rotatable bonds is 6. The van der Waals surface area contributed by atoms with Gasteiger partial charge in [-0.2, -0.15) is 5.10 Å². The number of carbonyl (C=O) groups excluding carboxylic acids is 1. The van der Waals surface area contributed by atoms with E-state index in [4.69, 9.17) is 4.74 Å². The van der Waals surface area contributed by atoms with Crippen molar-refractivity contribution in [1.82, 2.24) is 19.9 Å². The Kier molecular flexibility index (Phi) is 4.90. The highest BCUT2D eigenvalue weighted by atomic mass is 16.5. The number of nitrogens with one attached hydrogen (secondary N) is 1. The summed E-state index contributed by atoms with van der Waals surface area (Å²) in [5, 5.41) is 7.57. The lowest BCUT2D eigenvalue weighted by molar-refractivity contribution is -0.143. The third-order valence-electron chi connectivity index (χ3n) is 3.23. The maximum Gasteiger partial charge on any atom is 0.322 e. The molecule has 1 atom stereocenters. The van der Waals surface area contributed by atoms with Gasteiger partial charge in [0.2, 0.25) is 0 Å². The van der Waals surface area contributed by atoms with Gasteiger partial charge in [0.05, 0.1) is 12.8 Å². The first kappa shape index (κ1) is 15.4. The van der Waals surface area contributed by atoms with Crippen molar-refractivity contribution >= 4 is 11.6 Å². The number of hydrogen-bond donors (Lipinski definition) is 1. The number of ether oxygens (including phenoxy) is 1. The van der Waals surface area contributed by atoms with Crippen LogP contribution in [0.15, 0.2) is 18.5 Å². The molecule has 0 bridgehead atoms. The molecule has 1 unspecified atom stereocenters. The van der Waals surface area contributed by atoms with Crippen LogP contribution < -0.4 is 5.32 Å². The Bertz CT molecular complexity index is 621. The number of esters is 1. The third kappa shape index (κ3) is 4.01. The predicted octanol–water partition coefficient (Wildman–Crippen LogP) is 1.72. The van der Waals surface area contributed by atoms with Crippen LogP contribution in [0.25, 0.3) is 5.65 Å². The van der Waals surface area contributed by atoms with Crippen molar-refractivity contribution in [3.8, 4) is 0 Å². The topological polar surface area (TPSA) is 68.5 Å². The van der Waals surface area contributed by atoms with Crippen LogP contribution in [0.5, 0.6) is 0 Å². The van der Waals surface area contributed by atoms with E-state index in [9.17, 15) is 4.79 Å². The minimum Gasteiger partial charge on any atom is -0.468 e. The summed E-state index contributed by atoms with van der Waals surface area (Å²) in [7, 11) is 1.41. The van der Waals surface area contributed by atoms with Crippen LogP contribution in [0.4, 0.5) is 0 Å². The zero-order chi connectivity index (χ0) is 15.4. The van der Waals surface area contributed by atoms with Crippen molar-refractivity contribution in [1.29, 1.82) is 0 Å². The number of carbonyl (C=O) groups is 1. The molecule has 2 rings (SSSR count). The van der Waals surface area contributed by atoms with Gasteiger partial charge in [-0.25, -0.2) is 9.50 Å². The van der Waals surface area contributed by atoms with Crippen LogP contribution in [0.3, 0.4) is 0 Å². The smallest absolute Gasteiger partial charge is 0.322 e.